The number of aryl methyl sites for hydroxylation is 1. The van der Waals surface area contributed by atoms with Gasteiger partial charge in [0.2, 0.25) is 0 Å². The average molecular weight is 326 g/mol. The van der Waals surface area contributed by atoms with Crippen LogP contribution in [0.2, 0.25) is 0 Å². The minimum Gasteiger partial charge on any atom is -0.304 e. The highest BCUT2D eigenvalue weighted by atomic mass is 32.2. The molecule has 0 unspecified atom stereocenters. The molecule has 23 heavy (non-hydrogen) atoms. The molecule has 0 saturated carbocycles. The fourth-order valence-corrected chi connectivity index (χ4v) is 2.56. The molecule has 1 N–H and O–H groups in total. The second-order valence-electron chi connectivity index (χ2n) is 4.52. The molecule has 0 aliphatic rings. The highest BCUT2D eigenvalue weighted by Gasteiger charge is 2.11. The molecular formula is C15H14N6OS. The molecule has 0 radical (unpaired) electrons. The van der Waals surface area contributed by atoms with E-state index in [-0.39, 0.29) is 5.91 Å². The van der Waals surface area contributed by atoms with Gasteiger partial charge in [-0.05, 0) is 36.9 Å². The number of nitrogens with one attached hydrogen (secondary N) is 1. The van der Waals surface area contributed by atoms with E-state index in [1.54, 1.807) is 41.5 Å². The molecule has 0 aliphatic carbocycles. The highest BCUT2D eigenvalue weighted by molar-refractivity contribution is 7.99. The van der Waals surface area contributed by atoms with Gasteiger partial charge in [-0.1, -0.05) is 0 Å². The lowest BCUT2D eigenvalue weighted by molar-refractivity contribution is 0.102. The van der Waals surface area contributed by atoms with Gasteiger partial charge in [0.1, 0.15) is 5.69 Å². The molecule has 0 aliphatic heterocycles. The summed E-state index contributed by atoms with van der Waals surface area (Å²) in [6.07, 6.45) is 6.75. The zero-order valence-electron chi connectivity index (χ0n) is 12.4. The molecule has 0 aromatic carbocycles. The first kappa shape index (κ1) is 15.2. The second-order valence-corrected chi connectivity index (χ2v) is 5.56. The maximum atomic E-state index is 12.3. The van der Waals surface area contributed by atoms with Crippen molar-refractivity contribution >= 4 is 23.5 Å². The molecule has 3 aromatic rings. The molecule has 7 nitrogen and oxygen atoms in total. The Labute approximate surface area is 137 Å². The van der Waals surface area contributed by atoms with E-state index in [0.717, 1.165) is 11.4 Å². The van der Waals surface area contributed by atoms with Crippen LogP contribution in [0, 0.1) is 0 Å². The number of hydrogen-bond donors (Lipinski definition) is 1. The number of aromatic nitrogens is 5. The summed E-state index contributed by atoms with van der Waals surface area (Å²) in [7, 11) is 0. The Balaban J connectivity index is 1.72. The molecule has 0 saturated heterocycles. The lowest BCUT2D eigenvalue weighted by Gasteiger charge is -2.04. The third kappa shape index (κ3) is 3.92. The Bertz CT molecular complexity index is 804. The van der Waals surface area contributed by atoms with E-state index in [2.05, 4.69) is 25.4 Å². The number of rotatable bonds is 5. The van der Waals surface area contributed by atoms with E-state index < -0.39 is 0 Å². The van der Waals surface area contributed by atoms with E-state index in [9.17, 15) is 4.79 Å². The van der Waals surface area contributed by atoms with Crippen LogP contribution in [-0.4, -0.2) is 30.6 Å². The van der Waals surface area contributed by atoms with Gasteiger partial charge in [-0.2, -0.15) is 5.10 Å². The SMILES string of the molecule is CCn1ccc(NC(=O)c2cc(Sc3ncccn3)ccn2)n1. The van der Waals surface area contributed by atoms with Gasteiger partial charge in [0, 0.05) is 42.3 Å². The smallest absolute Gasteiger partial charge is 0.275 e. The largest absolute Gasteiger partial charge is 0.304 e. The zero-order chi connectivity index (χ0) is 16.1. The quantitative estimate of drug-likeness (QED) is 0.725. The Morgan fingerprint density at radius 2 is 2.04 bits per heavy atom. The molecule has 3 heterocycles. The summed E-state index contributed by atoms with van der Waals surface area (Å²) in [4.78, 5) is 25.5. The van der Waals surface area contributed by atoms with E-state index in [1.807, 2.05) is 19.2 Å². The molecule has 8 heteroatoms. The van der Waals surface area contributed by atoms with Crippen molar-refractivity contribution in [3.8, 4) is 0 Å². The Morgan fingerprint density at radius 1 is 1.22 bits per heavy atom. The van der Waals surface area contributed by atoms with Gasteiger partial charge >= 0.3 is 0 Å². The monoisotopic (exact) mass is 326 g/mol. The number of nitrogens with zero attached hydrogens (tertiary/aromatic N) is 5. The van der Waals surface area contributed by atoms with Crippen LogP contribution >= 0.6 is 11.8 Å². The summed E-state index contributed by atoms with van der Waals surface area (Å²) in [6, 6.07) is 7.01. The van der Waals surface area contributed by atoms with Crippen LogP contribution in [0.1, 0.15) is 17.4 Å². The highest BCUT2D eigenvalue weighted by Crippen LogP contribution is 2.24. The van der Waals surface area contributed by atoms with Crippen molar-refractivity contribution in [2.24, 2.45) is 0 Å². The van der Waals surface area contributed by atoms with Crippen LogP contribution in [0.5, 0.6) is 0 Å². The van der Waals surface area contributed by atoms with Gasteiger partial charge in [-0.15, -0.1) is 0 Å². The van der Waals surface area contributed by atoms with E-state index in [1.165, 1.54) is 11.8 Å². The minimum absolute atomic E-state index is 0.303. The Kier molecular flexibility index (Phi) is 4.62. The van der Waals surface area contributed by atoms with E-state index >= 15 is 0 Å². The summed E-state index contributed by atoms with van der Waals surface area (Å²) in [5.41, 5.74) is 0.317. The van der Waals surface area contributed by atoms with Gasteiger partial charge in [-0.25, -0.2) is 9.97 Å². The van der Waals surface area contributed by atoms with Crippen LogP contribution < -0.4 is 5.32 Å². The number of carbonyl (C=O) groups excluding carboxylic acids is 1. The van der Waals surface area contributed by atoms with Crippen molar-refractivity contribution in [2.75, 3.05) is 5.32 Å². The lowest BCUT2D eigenvalue weighted by atomic mass is 10.3. The van der Waals surface area contributed by atoms with Gasteiger partial charge in [0.15, 0.2) is 11.0 Å². The topological polar surface area (TPSA) is 85.6 Å². The summed E-state index contributed by atoms with van der Waals surface area (Å²) in [6.45, 7) is 2.73. The number of pyridine rings is 1. The van der Waals surface area contributed by atoms with Gasteiger partial charge in [0.05, 0.1) is 0 Å². The van der Waals surface area contributed by atoms with Crippen LogP contribution in [0.3, 0.4) is 0 Å². The number of carbonyl (C=O) groups is 1. The second kappa shape index (κ2) is 7.01. The number of hydrogen-bond acceptors (Lipinski definition) is 6. The standard InChI is InChI=1S/C15H14N6OS/c1-2-21-9-5-13(20-21)19-14(22)12-10-11(4-8-16-12)23-15-17-6-3-7-18-15/h3-10H,2H2,1H3,(H,19,20,22). The lowest BCUT2D eigenvalue weighted by Crippen LogP contribution is -2.14. The van der Waals surface area contributed by atoms with Crippen LogP contribution in [0.4, 0.5) is 5.82 Å². The summed E-state index contributed by atoms with van der Waals surface area (Å²) >= 11 is 1.37. The summed E-state index contributed by atoms with van der Waals surface area (Å²) < 4.78 is 1.74. The zero-order valence-corrected chi connectivity index (χ0v) is 13.2. The average Bonchev–Trinajstić information content (AvgIpc) is 3.03. The third-order valence-electron chi connectivity index (χ3n) is 2.92. The first-order valence-corrected chi connectivity index (χ1v) is 7.82. The molecule has 0 bridgehead atoms. The normalized spacial score (nSPS) is 10.5. The summed E-state index contributed by atoms with van der Waals surface area (Å²) in [5.74, 6) is 0.200. The van der Waals surface area contributed by atoms with Gasteiger partial charge in [-0.3, -0.25) is 14.5 Å². The first-order chi connectivity index (χ1) is 11.2. The number of anilines is 1. The molecule has 3 aromatic heterocycles. The van der Waals surface area contributed by atoms with E-state index in [4.69, 9.17) is 0 Å². The minimum atomic E-state index is -0.303. The first-order valence-electron chi connectivity index (χ1n) is 7.00. The molecule has 1 amide bonds. The molecule has 3 rings (SSSR count). The molecule has 0 spiro atoms. The van der Waals surface area contributed by atoms with Crippen molar-refractivity contribution in [3.63, 3.8) is 0 Å². The maximum absolute atomic E-state index is 12.3. The third-order valence-corrected chi connectivity index (χ3v) is 3.80. The number of amides is 1. The fourth-order valence-electron chi connectivity index (χ4n) is 1.83. The molecular weight excluding hydrogens is 312 g/mol. The van der Waals surface area contributed by atoms with Crippen LogP contribution in [0.25, 0.3) is 0 Å². The van der Waals surface area contributed by atoms with E-state index in [0.29, 0.717) is 16.7 Å². The predicted octanol–water partition coefficient (Wildman–Crippen LogP) is 2.49. The predicted molar refractivity (Wildman–Crippen MR) is 86.2 cm³/mol. The summed E-state index contributed by atoms with van der Waals surface area (Å²) in [5, 5.41) is 7.56. The van der Waals surface area contributed by atoms with Crippen molar-refractivity contribution in [2.45, 2.75) is 23.5 Å². The van der Waals surface area contributed by atoms with Crippen molar-refractivity contribution in [1.29, 1.82) is 0 Å². The van der Waals surface area contributed by atoms with Crippen molar-refractivity contribution in [1.82, 2.24) is 24.7 Å². The van der Waals surface area contributed by atoms with Crippen LogP contribution in [-0.2, 0) is 6.54 Å². The Hall–Kier alpha value is -2.74. The van der Waals surface area contributed by atoms with Crippen molar-refractivity contribution in [3.05, 3.63) is 54.7 Å². The maximum Gasteiger partial charge on any atom is 0.275 e. The Morgan fingerprint density at radius 3 is 2.78 bits per heavy atom. The molecule has 0 atom stereocenters. The fraction of sp³-hybridized carbons (Fsp3) is 0.133. The van der Waals surface area contributed by atoms with Gasteiger partial charge in [0.25, 0.3) is 5.91 Å². The van der Waals surface area contributed by atoms with Crippen molar-refractivity contribution < 1.29 is 4.79 Å². The molecule has 0 fully saturated rings. The van der Waals surface area contributed by atoms with Gasteiger partial charge < -0.3 is 5.32 Å². The molecule has 116 valence electrons. The van der Waals surface area contributed by atoms with Crippen LogP contribution in [0.15, 0.2) is 59.1 Å².